The number of hydrogen-bond donors (Lipinski definition) is 0. The van der Waals surface area contributed by atoms with E-state index < -0.39 is 0 Å². The largest absolute Gasteiger partial charge is 0.490 e. The Morgan fingerprint density at radius 3 is 2.15 bits per heavy atom. The van der Waals surface area contributed by atoms with Gasteiger partial charge in [0.25, 0.3) is 0 Å². The van der Waals surface area contributed by atoms with Gasteiger partial charge in [0, 0.05) is 11.5 Å². The van der Waals surface area contributed by atoms with Crippen LogP contribution < -0.4 is 9.47 Å². The molecule has 0 atom stereocenters. The standard InChI is InChI=1S/C14H16Cl2N2O2/c1-3-5-19-11-7-9-10(8-12(11)20-6-4-2)17-14(16)18-13(9)15/h7-8H,3-6H2,1-2H3. The minimum absolute atomic E-state index is 0.117. The van der Waals surface area contributed by atoms with E-state index in [9.17, 15) is 0 Å². The van der Waals surface area contributed by atoms with E-state index in [2.05, 4.69) is 9.97 Å². The Morgan fingerprint density at radius 2 is 1.55 bits per heavy atom. The zero-order valence-corrected chi connectivity index (χ0v) is 13.0. The van der Waals surface area contributed by atoms with Crippen LogP contribution in [-0.4, -0.2) is 23.2 Å². The Balaban J connectivity index is 2.49. The zero-order chi connectivity index (χ0) is 14.5. The van der Waals surface area contributed by atoms with Crippen molar-refractivity contribution in [1.29, 1.82) is 0 Å². The van der Waals surface area contributed by atoms with Gasteiger partial charge in [0.15, 0.2) is 11.5 Å². The molecule has 0 radical (unpaired) electrons. The van der Waals surface area contributed by atoms with Gasteiger partial charge >= 0.3 is 0 Å². The third-order valence-corrected chi connectivity index (χ3v) is 3.07. The van der Waals surface area contributed by atoms with Crippen LogP contribution >= 0.6 is 23.2 Å². The molecule has 4 nitrogen and oxygen atoms in total. The Hall–Kier alpha value is -1.26. The van der Waals surface area contributed by atoms with Gasteiger partial charge in [0.05, 0.1) is 18.7 Å². The third kappa shape index (κ3) is 3.44. The summed E-state index contributed by atoms with van der Waals surface area (Å²) in [7, 11) is 0. The molecule has 108 valence electrons. The van der Waals surface area contributed by atoms with Crippen molar-refractivity contribution in [1.82, 2.24) is 9.97 Å². The number of ether oxygens (including phenoxy) is 2. The van der Waals surface area contributed by atoms with Crippen LogP contribution in [0.2, 0.25) is 10.4 Å². The second kappa shape index (κ2) is 6.95. The molecule has 1 aromatic carbocycles. The monoisotopic (exact) mass is 314 g/mol. The normalized spacial score (nSPS) is 10.8. The molecule has 0 bridgehead atoms. The molecule has 0 fully saturated rings. The highest BCUT2D eigenvalue weighted by atomic mass is 35.5. The van der Waals surface area contributed by atoms with Gasteiger partial charge in [-0.25, -0.2) is 9.97 Å². The molecule has 0 amide bonds. The Bertz CT molecular complexity index is 605. The molecule has 6 heteroatoms. The van der Waals surface area contributed by atoms with E-state index in [0.29, 0.717) is 40.8 Å². The van der Waals surface area contributed by atoms with Crippen LogP contribution in [0, 0.1) is 0 Å². The number of rotatable bonds is 6. The molecule has 0 saturated heterocycles. The van der Waals surface area contributed by atoms with E-state index in [1.54, 1.807) is 12.1 Å². The van der Waals surface area contributed by atoms with Gasteiger partial charge in [0.1, 0.15) is 5.15 Å². The molecule has 0 saturated carbocycles. The van der Waals surface area contributed by atoms with Crippen molar-refractivity contribution >= 4 is 34.1 Å². The molecule has 0 spiro atoms. The molecular formula is C14H16Cl2N2O2. The smallest absolute Gasteiger partial charge is 0.224 e. The molecule has 1 heterocycles. The molecule has 0 aliphatic rings. The van der Waals surface area contributed by atoms with Crippen molar-refractivity contribution in [3.05, 3.63) is 22.6 Å². The number of nitrogens with zero attached hydrogens (tertiary/aromatic N) is 2. The summed E-state index contributed by atoms with van der Waals surface area (Å²) in [4.78, 5) is 8.10. The number of aromatic nitrogens is 2. The van der Waals surface area contributed by atoms with Crippen LogP contribution in [0.4, 0.5) is 0 Å². The van der Waals surface area contributed by atoms with Crippen molar-refractivity contribution in [2.45, 2.75) is 26.7 Å². The van der Waals surface area contributed by atoms with Crippen LogP contribution in [0.15, 0.2) is 12.1 Å². The van der Waals surface area contributed by atoms with Gasteiger partial charge in [-0.05, 0) is 30.5 Å². The minimum atomic E-state index is 0.117. The van der Waals surface area contributed by atoms with Gasteiger partial charge in [-0.1, -0.05) is 25.4 Å². The lowest BCUT2D eigenvalue weighted by molar-refractivity contribution is 0.269. The van der Waals surface area contributed by atoms with E-state index in [-0.39, 0.29) is 5.28 Å². The number of halogens is 2. The summed E-state index contributed by atoms with van der Waals surface area (Å²) in [5.41, 5.74) is 0.643. The van der Waals surface area contributed by atoms with Gasteiger partial charge in [0.2, 0.25) is 5.28 Å². The van der Waals surface area contributed by atoms with E-state index in [1.165, 1.54) is 0 Å². The van der Waals surface area contributed by atoms with Gasteiger partial charge < -0.3 is 9.47 Å². The molecular weight excluding hydrogens is 299 g/mol. The van der Waals surface area contributed by atoms with Crippen LogP contribution in [0.25, 0.3) is 10.9 Å². The summed E-state index contributed by atoms with van der Waals surface area (Å²) in [5.74, 6) is 1.30. The summed E-state index contributed by atoms with van der Waals surface area (Å²) < 4.78 is 11.4. The predicted molar refractivity (Wildman–Crippen MR) is 81.1 cm³/mol. The highest BCUT2D eigenvalue weighted by molar-refractivity contribution is 6.35. The Labute approximate surface area is 128 Å². The van der Waals surface area contributed by atoms with Gasteiger partial charge in [-0.3, -0.25) is 0 Å². The van der Waals surface area contributed by atoms with Crippen molar-refractivity contribution in [3.8, 4) is 11.5 Å². The molecule has 2 aromatic rings. The van der Waals surface area contributed by atoms with Gasteiger partial charge in [-0.15, -0.1) is 0 Å². The Kier molecular flexibility index (Phi) is 5.26. The fourth-order valence-corrected chi connectivity index (χ4v) is 2.17. The highest BCUT2D eigenvalue weighted by Crippen LogP contribution is 2.35. The minimum Gasteiger partial charge on any atom is -0.490 e. The van der Waals surface area contributed by atoms with E-state index >= 15 is 0 Å². The van der Waals surface area contributed by atoms with Crippen molar-refractivity contribution in [2.75, 3.05) is 13.2 Å². The molecule has 0 N–H and O–H groups in total. The molecule has 20 heavy (non-hydrogen) atoms. The summed E-state index contributed by atoms with van der Waals surface area (Å²) in [6.45, 7) is 5.31. The maximum atomic E-state index is 6.09. The fourth-order valence-electron chi connectivity index (χ4n) is 1.72. The second-order valence-corrected chi connectivity index (χ2v) is 4.99. The number of fused-ring (bicyclic) bond motifs is 1. The number of hydrogen-bond acceptors (Lipinski definition) is 4. The highest BCUT2D eigenvalue weighted by Gasteiger charge is 2.12. The lowest BCUT2D eigenvalue weighted by Crippen LogP contribution is -2.02. The second-order valence-electron chi connectivity index (χ2n) is 4.30. The van der Waals surface area contributed by atoms with Crippen molar-refractivity contribution in [2.24, 2.45) is 0 Å². The molecule has 0 unspecified atom stereocenters. The molecule has 0 aliphatic heterocycles. The number of benzene rings is 1. The fraction of sp³-hybridized carbons (Fsp3) is 0.429. The third-order valence-electron chi connectivity index (χ3n) is 2.61. The van der Waals surface area contributed by atoms with Gasteiger partial charge in [-0.2, -0.15) is 0 Å². The van der Waals surface area contributed by atoms with Crippen molar-refractivity contribution < 1.29 is 9.47 Å². The molecule has 2 rings (SSSR count). The lowest BCUT2D eigenvalue weighted by atomic mass is 10.2. The van der Waals surface area contributed by atoms with Crippen molar-refractivity contribution in [3.63, 3.8) is 0 Å². The first-order chi connectivity index (χ1) is 9.65. The first-order valence-electron chi connectivity index (χ1n) is 6.58. The van der Waals surface area contributed by atoms with E-state index in [1.807, 2.05) is 13.8 Å². The predicted octanol–water partition coefficient (Wildman–Crippen LogP) is 4.51. The lowest BCUT2D eigenvalue weighted by Gasteiger charge is -2.13. The van der Waals surface area contributed by atoms with Crippen LogP contribution in [0.1, 0.15) is 26.7 Å². The average Bonchev–Trinajstić information content (AvgIpc) is 2.42. The summed E-state index contributed by atoms with van der Waals surface area (Å²) in [6, 6.07) is 3.59. The zero-order valence-electron chi connectivity index (χ0n) is 11.4. The van der Waals surface area contributed by atoms with E-state index in [4.69, 9.17) is 32.7 Å². The summed E-state index contributed by atoms with van der Waals surface area (Å²) >= 11 is 11.9. The first kappa shape index (κ1) is 15.1. The van der Waals surface area contributed by atoms with Crippen LogP contribution in [-0.2, 0) is 0 Å². The summed E-state index contributed by atoms with van der Waals surface area (Å²) in [6.07, 6.45) is 1.83. The Morgan fingerprint density at radius 1 is 0.950 bits per heavy atom. The quantitative estimate of drug-likeness (QED) is 0.581. The molecule has 1 aromatic heterocycles. The van der Waals surface area contributed by atoms with E-state index in [0.717, 1.165) is 12.8 Å². The van der Waals surface area contributed by atoms with Crippen LogP contribution in [0.3, 0.4) is 0 Å². The maximum absolute atomic E-state index is 6.09. The molecule has 0 aliphatic carbocycles. The van der Waals surface area contributed by atoms with Crippen LogP contribution in [0.5, 0.6) is 11.5 Å². The SMILES string of the molecule is CCCOc1cc2nc(Cl)nc(Cl)c2cc1OCCC. The summed E-state index contributed by atoms with van der Waals surface area (Å²) in [5, 5.41) is 1.13. The first-order valence-corrected chi connectivity index (χ1v) is 7.33. The average molecular weight is 315 g/mol. The topological polar surface area (TPSA) is 44.2 Å². The maximum Gasteiger partial charge on any atom is 0.224 e.